The van der Waals surface area contributed by atoms with Gasteiger partial charge in [-0.15, -0.1) is 11.8 Å². The summed E-state index contributed by atoms with van der Waals surface area (Å²) in [5.41, 5.74) is 0. The Hall–Kier alpha value is -0.450. The van der Waals surface area contributed by atoms with Gasteiger partial charge in [0.2, 0.25) is 0 Å². The first kappa shape index (κ1) is 15.9. The lowest BCUT2D eigenvalue weighted by molar-refractivity contribution is 0.172. The summed E-state index contributed by atoms with van der Waals surface area (Å²) < 4.78 is 6.95. The molecule has 0 fully saturated rings. The zero-order chi connectivity index (χ0) is 14.2. The third-order valence-electron chi connectivity index (χ3n) is 3.18. The third kappa shape index (κ3) is 5.15. The van der Waals surface area contributed by atoms with Gasteiger partial charge in [0.05, 0.1) is 12.6 Å². The molecule has 1 unspecified atom stereocenters. The fourth-order valence-corrected chi connectivity index (χ4v) is 3.32. The molecule has 0 saturated heterocycles. The normalized spacial score (nSPS) is 16.4. The first-order valence-corrected chi connectivity index (χ1v) is 9.02. The summed E-state index contributed by atoms with van der Waals surface area (Å²) in [6, 6.07) is 8.81. The zero-order valence-electron chi connectivity index (χ0n) is 11.9. The van der Waals surface area contributed by atoms with Gasteiger partial charge in [0.1, 0.15) is 5.76 Å². The number of halogens is 1. The Labute approximate surface area is 134 Å². The van der Waals surface area contributed by atoms with Crippen molar-refractivity contribution in [2.45, 2.75) is 37.1 Å². The molecule has 1 aliphatic heterocycles. The van der Waals surface area contributed by atoms with Crippen LogP contribution in [0.3, 0.4) is 0 Å². The minimum Gasteiger partial charge on any atom is -0.497 e. The first-order chi connectivity index (χ1) is 9.79. The summed E-state index contributed by atoms with van der Waals surface area (Å²) in [5, 5.41) is 3.60. The second-order valence-electron chi connectivity index (χ2n) is 4.87. The zero-order valence-corrected chi connectivity index (χ0v) is 14.3. The van der Waals surface area contributed by atoms with Gasteiger partial charge in [0, 0.05) is 15.1 Å². The highest BCUT2D eigenvalue weighted by atomic mass is 79.9. The average molecular weight is 356 g/mol. The average Bonchev–Trinajstić information content (AvgIpc) is 2.50. The minimum absolute atomic E-state index is 0.323. The van der Waals surface area contributed by atoms with Crippen LogP contribution in [0.15, 0.2) is 45.5 Å². The standard InChI is InChI=1S/C16H22BrNOS/c1-2-10-18-15(16-5-3-4-11-19-16)12-20-14-8-6-13(17)7-9-14/h5-9,15,18H,2-4,10-12H2,1H3. The van der Waals surface area contributed by atoms with E-state index in [-0.39, 0.29) is 0 Å². The van der Waals surface area contributed by atoms with Crippen LogP contribution < -0.4 is 5.32 Å². The maximum atomic E-state index is 5.82. The van der Waals surface area contributed by atoms with E-state index >= 15 is 0 Å². The molecule has 0 amide bonds. The molecule has 4 heteroatoms. The molecule has 0 aromatic heterocycles. The number of allylic oxidation sites excluding steroid dienone is 1. The smallest absolute Gasteiger partial charge is 0.110 e. The van der Waals surface area contributed by atoms with E-state index < -0.39 is 0 Å². The van der Waals surface area contributed by atoms with E-state index in [2.05, 4.69) is 58.5 Å². The Balaban J connectivity index is 1.92. The summed E-state index contributed by atoms with van der Waals surface area (Å²) in [5.74, 6) is 2.14. The molecule has 0 aliphatic carbocycles. The van der Waals surface area contributed by atoms with Crippen LogP contribution in [0.1, 0.15) is 26.2 Å². The van der Waals surface area contributed by atoms with Gasteiger partial charge in [0.25, 0.3) is 0 Å². The van der Waals surface area contributed by atoms with Crippen molar-refractivity contribution < 1.29 is 4.74 Å². The second-order valence-corrected chi connectivity index (χ2v) is 6.88. The van der Waals surface area contributed by atoms with E-state index in [0.29, 0.717) is 6.04 Å². The quantitative estimate of drug-likeness (QED) is 0.722. The Morgan fingerprint density at radius 1 is 1.35 bits per heavy atom. The third-order valence-corrected chi connectivity index (χ3v) is 4.81. The lowest BCUT2D eigenvalue weighted by Gasteiger charge is -2.24. The van der Waals surface area contributed by atoms with E-state index in [1.165, 1.54) is 4.90 Å². The summed E-state index contributed by atoms with van der Waals surface area (Å²) in [7, 11) is 0. The highest BCUT2D eigenvalue weighted by molar-refractivity contribution is 9.10. The fraction of sp³-hybridized carbons (Fsp3) is 0.500. The van der Waals surface area contributed by atoms with Crippen molar-refractivity contribution in [3.63, 3.8) is 0 Å². The molecule has 1 aliphatic rings. The van der Waals surface area contributed by atoms with Crippen molar-refractivity contribution in [3.05, 3.63) is 40.6 Å². The topological polar surface area (TPSA) is 21.3 Å². The molecule has 0 radical (unpaired) electrons. The van der Waals surface area contributed by atoms with E-state index in [1.54, 1.807) is 0 Å². The monoisotopic (exact) mass is 355 g/mol. The number of ether oxygens (including phenoxy) is 1. The number of thioether (sulfide) groups is 1. The van der Waals surface area contributed by atoms with Crippen LogP contribution in [0.4, 0.5) is 0 Å². The SMILES string of the molecule is CCCNC(CSc1ccc(Br)cc1)C1=CCCCO1. The predicted octanol–water partition coefficient (Wildman–Crippen LogP) is 4.60. The van der Waals surface area contributed by atoms with Crippen LogP contribution in [0.25, 0.3) is 0 Å². The summed E-state index contributed by atoms with van der Waals surface area (Å²) in [4.78, 5) is 1.30. The van der Waals surface area contributed by atoms with Crippen molar-refractivity contribution in [1.82, 2.24) is 5.32 Å². The molecule has 0 bridgehead atoms. The van der Waals surface area contributed by atoms with Crippen molar-refractivity contribution in [2.24, 2.45) is 0 Å². The molecule has 110 valence electrons. The van der Waals surface area contributed by atoms with Gasteiger partial charge in [-0.1, -0.05) is 22.9 Å². The Morgan fingerprint density at radius 2 is 2.15 bits per heavy atom. The second kappa shape index (κ2) is 8.75. The van der Waals surface area contributed by atoms with Gasteiger partial charge in [0.15, 0.2) is 0 Å². The number of nitrogens with one attached hydrogen (secondary N) is 1. The van der Waals surface area contributed by atoms with Gasteiger partial charge in [-0.2, -0.15) is 0 Å². The van der Waals surface area contributed by atoms with Crippen molar-refractivity contribution in [2.75, 3.05) is 18.9 Å². The molecule has 0 saturated carbocycles. The maximum absolute atomic E-state index is 5.82. The number of hydrogen-bond donors (Lipinski definition) is 1. The van der Waals surface area contributed by atoms with Crippen molar-refractivity contribution in [1.29, 1.82) is 0 Å². The first-order valence-electron chi connectivity index (χ1n) is 7.24. The molecule has 20 heavy (non-hydrogen) atoms. The number of benzene rings is 1. The lowest BCUT2D eigenvalue weighted by Crippen LogP contribution is -2.35. The van der Waals surface area contributed by atoms with Crippen LogP contribution >= 0.6 is 27.7 Å². The highest BCUT2D eigenvalue weighted by Crippen LogP contribution is 2.24. The van der Waals surface area contributed by atoms with E-state index in [0.717, 1.165) is 48.4 Å². The Morgan fingerprint density at radius 3 is 2.80 bits per heavy atom. The van der Waals surface area contributed by atoms with E-state index in [4.69, 9.17) is 4.74 Å². The Bertz CT molecular complexity index is 433. The van der Waals surface area contributed by atoms with Crippen LogP contribution in [0.5, 0.6) is 0 Å². The van der Waals surface area contributed by atoms with Crippen molar-refractivity contribution >= 4 is 27.7 Å². The van der Waals surface area contributed by atoms with Gasteiger partial charge in [-0.25, -0.2) is 0 Å². The van der Waals surface area contributed by atoms with E-state index in [9.17, 15) is 0 Å². The molecule has 1 aromatic rings. The molecular formula is C16H22BrNOS. The minimum atomic E-state index is 0.323. The van der Waals surface area contributed by atoms with Gasteiger partial charge >= 0.3 is 0 Å². The lowest BCUT2D eigenvalue weighted by atomic mass is 10.1. The van der Waals surface area contributed by atoms with Gasteiger partial charge in [-0.05, 0) is 56.1 Å². The molecular weight excluding hydrogens is 334 g/mol. The summed E-state index contributed by atoms with van der Waals surface area (Å²) >= 11 is 5.35. The molecule has 1 atom stereocenters. The van der Waals surface area contributed by atoms with Crippen LogP contribution in [-0.2, 0) is 4.74 Å². The predicted molar refractivity (Wildman–Crippen MR) is 90.2 cm³/mol. The molecule has 0 spiro atoms. The molecule has 1 aromatic carbocycles. The molecule has 1 heterocycles. The van der Waals surface area contributed by atoms with Crippen LogP contribution in [-0.4, -0.2) is 24.9 Å². The number of rotatable bonds is 7. The van der Waals surface area contributed by atoms with Crippen LogP contribution in [0.2, 0.25) is 0 Å². The van der Waals surface area contributed by atoms with Gasteiger partial charge < -0.3 is 10.1 Å². The van der Waals surface area contributed by atoms with E-state index in [1.807, 2.05) is 11.8 Å². The fourth-order valence-electron chi connectivity index (χ4n) is 2.09. The maximum Gasteiger partial charge on any atom is 0.110 e. The van der Waals surface area contributed by atoms with Crippen LogP contribution in [0, 0.1) is 0 Å². The molecule has 1 N–H and O–H groups in total. The number of hydrogen-bond acceptors (Lipinski definition) is 3. The largest absolute Gasteiger partial charge is 0.497 e. The summed E-state index contributed by atoms with van der Waals surface area (Å²) in [6.45, 7) is 4.09. The Kier molecular flexibility index (Phi) is 6.97. The van der Waals surface area contributed by atoms with Crippen molar-refractivity contribution in [3.8, 4) is 0 Å². The molecule has 2 rings (SSSR count). The molecule has 2 nitrogen and oxygen atoms in total. The van der Waals surface area contributed by atoms with Gasteiger partial charge in [-0.3, -0.25) is 0 Å². The summed E-state index contributed by atoms with van der Waals surface area (Å²) in [6.07, 6.45) is 5.68. The highest BCUT2D eigenvalue weighted by Gasteiger charge is 2.17.